The zero-order chi connectivity index (χ0) is 14.7. The predicted molar refractivity (Wildman–Crippen MR) is 73.1 cm³/mol. The van der Waals surface area contributed by atoms with Gasteiger partial charge in [0.15, 0.2) is 0 Å². The van der Waals surface area contributed by atoms with Gasteiger partial charge >= 0.3 is 5.97 Å². The minimum Gasteiger partial charge on any atom is -0.465 e. The average Bonchev–Trinajstić information content (AvgIpc) is 2.45. The molecule has 1 unspecified atom stereocenters. The highest BCUT2D eigenvalue weighted by Gasteiger charge is 2.62. The van der Waals surface area contributed by atoms with Crippen LogP contribution in [0.5, 0.6) is 0 Å². The molecule has 5 heteroatoms. The van der Waals surface area contributed by atoms with Crippen LogP contribution in [0.25, 0.3) is 0 Å². The van der Waals surface area contributed by atoms with Gasteiger partial charge in [-0.2, -0.15) is 0 Å². The lowest BCUT2D eigenvalue weighted by molar-refractivity contribution is -0.160. The van der Waals surface area contributed by atoms with Gasteiger partial charge in [0.2, 0.25) is 0 Å². The van der Waals surface area contributed by atoms with Crippen molar-refractivity contribution in [2.24, 2.45) is 0 Å². The lowest BCUT2D eigenvalue weighted by atomic mass is 9.79. The minimum absolute atomic E-state index is 0.248. The maximum absolute atomic E-state index is 12.5. The number of ether oxygens (including phenoxy) is 3. The van der Waals surface area contributed by atoms with E-state index in [1.165, 1.54) is 0 Å². The molecule has 0 aromatic carbocycles. The lowest BCUT2D eigenvalue weighted by Crippen LogP contribution is -2.63. The van der Waals surface area contributed by atoms with Gasteiger partial charge < -0.3 is 14.2 Å². The van der Waals surface area contributed by atoms with Crippen LogP contribution in [-0.4, -0.2) is 49.6 Å². The third kappa shape index (κ3) is 3.27. The van der Waals surface area contributed by atoms with Gasteiger partial charge in [-0.1, -0.05) is 0 Å². The monoisotopic (exact) mass is 273 g/mol. The second-order valence-corrected chi connectivity index (χ2v) is 6.09. The molecule has 0 aromatic heterocycles. The summed E-state index contributed by atoms with van der Waals surface area (Å²) >= 11 is 0. The Hall–Kier alpha value is -0.650. The molecule has 1 N–H and O–H groups in total. The van der Waals surface area contributed by atoms with Crippen molar-refractivity contribution in [2.45, 2.75) is 57.8 Å². The molecule has 5 nitrogen and oxygen atoms in total. The Kier molecular flexibility index (Phi) is 4.98. The zero-order valence-corrected chi connectivity index (χ0v) is 13.0. The molecule has 0 aliphatic carbocycles. The Bertz CT molecular complexity index is 327. The van der Waals surface area contributed by atoms with Crippen LogP contribution in [0, 0.1) is 0 Å². The molecule has 0 aromatic rings. The zero-order valence-electron chi connectivity index (χ0n) is 13.0. The molecule has 1 fully saturated rings. The number of esters is 1. The number of rotatable bonds is 6. The standard InChI is InChI=1S/C14H27NO4/c1-7-18-11(16)14(15-8-9-17-6)10-12(2,3)19-13(14,4)5/h15H,7-10H2,1-6H3. The molecule has 0 saturated carbocycles. The van der Waals surface area contributed by atoms with Crippen LogP contribution < -0.4 is 5.32 Å². The second-order valence-electron chi connectivity index (χ2n) is 6.09. The molecule has 1 aliphatic heterocycles. The van der Waals surface area contributed by atoms with Gasteiger partial charge in [-0.25, -0.2) is 4.79 Å². The molecule has 0 bridgehead atoms. The van der Waals surface area contributed by atoms with Crippen molar-refractivity contribution in [1.29, 1.82) is 0 Å². The van der Waals surface area contributed by atoms with Crippen LogP contribution in [0.3, 0.4) is 0 Å². The first-order valence-electron chi connectivity index (χ1n) is 6.82. The maximum atomic E-state index is 12.5. The first kappa shape index (κ1) is 16.4. The number of methoxy groups -OCH3 is 1. The number of hydrogen-bond donors (Lipinski definition) is 1. The average molecular weight is 273 g/mol. The lowest BCUT2D eigenvalue weighted by Gasteiger charge is -2.38. The highest BCUT2D eigenvalue weighted by molar-refractivity contribution is 5.83. The SMILES string of the molecule is CCOC(=O)C1(NCCOC)CC(C)(C)OC1(C)C. The molecular weight excluding hydrogens is 246 g/mol. The van der Waals surface area contributed by atoms with Crippen LogP contribution in [0.2, 0.25) is 0 Å². The van der Waals surface area contributed by atoms with Crippen molar-refractivity contribution >= 4 is 5.97 Å². The van der Waals surface area contributed by atoms with Crippen molar-refractivity contribution < 1.29 is 19.0 Å². The van der Waals surface area contributed by atoms with E-state index < -0.39 is 11.1 Å². The molecule has 1 atom stereocenters. The summed E-state index contributed by atoms with van der Waals surface area (Å²) in [6, 6.07) is 0. The fourth-order valence-corrected chi connectivity index (χ4v) is 2.95. The smallest absolute Gasteiger partial charge is 0.329 e. The Balaban J connectivity index is 3.01. The van der Waals surface area contributed by atoms with Crippen molar-refractivity contribution in [2.75, 3.05) is 26.9 Å². The van der Waals surface area contributed by atoms with Gasteiger partial charge in [-0.3, -0.25) is 5.32 Å². The normalized spacial score (nSPS) is 28.3. The first-order chi connectivity index (χ1) is 8.71. The van der Waals surface area contributed by atoms with Crippen LogP contribution in [0.4, 0.5) is 0 Å². The van der Waals surface area contributed by atoms with Crippen molar-refractivity contribution in [1.82, 2.24) is 5.32 Å². The summed E-state index contributed by atoms with van der Waals surface area (Å²) < 4.78 is 16.4. The molecule has 19 heavy (non-hydrogen) atoms. The Morgan fingerprint density at radius 1 is 1.32 bits per heavy atom. The molecule has 0 amide bonds. The van der Waals surface area contributed by atoms with E-state index in [9.17, 15) is 4.79 Å². The summed E-state index contributed by atoms with van der Waals surface area (Å²) in [7, 11) is 1.64. The highest BCUT2D eigenvalue weighted by atomic mass is 16.6. The van der Waals surface area contributed by atoms with E-state index in [1.54, 1.807) is 7.11 Å². The maximum Gasteiger partial charge on any atom is 0.329 e. The molecular formula is C14H27NO4. The second kappa shape index (κ2) is 5.77. The number of nitrogens with one attached hydrogen (secondary N) is 1. The summed E-state index contributed by atoms with van der Waals surface area (Å²) in [5.74, 6) is -0.248. The van der Waals surface area contributed by atoms with E-state index in [1.807, 2.05) is 34.6 Å². The van der Waals surface area contributed by atoms with Gasteiger partial charge in [-0.05, 0) is 34.6 Å². The fraction of sp³-hybridized carbons (Fsp3) is 0.929. The molecule has 0 spiro atoms. The fourth-order valence-electron chi connectivity index (χ4n) is 2.95. The van der Waals surface area contributed by atoms with Crippen molar-refractivity contribution in [3.63, 3.8) is 0 Å². The minimum atomic E-state index is -0.828. The third-order valence-corrected chi connectivity index (χ3v) is 3.61. The Morgan fingerprint density at radius 3 is 2.37 bits per heavy atom. The summed E-state index contributed by atoms with van der Waals surface area (Å²) in [6.45, 7) is 11.1. The van der Waals surface area contributed by atoms with Crippen LogP contribution in [-0.2, 0) is 19.0 Å². The molecule has 1 aliphatic rings. The first-order valence-corrected chi connectivity index (χ1v) is 6.82. The van der Waals surface area contributed by atoms with E-state index >= 15 is 0 Å². The van der Waals surface area contributed by atoms with E-state index in [0.717, 1.165) is 0 Å². The van der Waals surface area contributed by atoms with Gasteiger partial charge in [0, 0.05) is 20.1 Å². The summed E-state index contributed by atoms with van der Waals surface area (Å²) in [6.07, 6.45) is 0.579. The van der Waals surface area contributed by atoms with Crippen LogP contribution >= 0.6 is 0 Å². The van der Waals surface area contributed by atoms with Gasteiger partial charge in [0.25, 0.3) is 0 Å². The van der Waals surface area contributed by atoms with Crippen LogP contribution in [0.1, 0.15) is 41.0 Å². The van der Waals surface area contributed by atoms with E-state index in [-0.39, 0.29) is 11.6 Å². The Morgan fingerprint density at radius 2 is 1.95 bits per heavy atom. The molecule has 1 rings (SSSR count). The van der Waals surface area contributed by atoms with Gasteiger partial charge in [-0.15, -0.1) is 0 Å². The topological polar surface area (TPSA) is 56.8 Å². The molecule has 1 saturated heterocycles. The van der Waals surface area contributed by atoms with Crippen LogP contribution in [0.15, 0.2) is 0 Å². The molecule has 1 heterocycles. The summed E-state index contributed by atoms with van der Waals surface area (Å²) in [5.41, 5.74) is -1.82. The van der Waals surface area contributed by atoms with E-state index in [0.29, 0.717) is 26.2 Å². The van der Waals surface area contributed by atoms with Gasteiger partial charge in [0.05, 0.1) is 24.4 Å². The number of carbonyl (C=O) groups is 1. The largest absolute Gasteiger partial charge is 0.465 e. The third-order valence-electron chi connectivity index (χ3n) is 3.61. The summed E-state index contributed by atoms with van der Waals surface area (Å²) in [5, 5.41) is 3.30. The Labute approximate surface area is 116 Å². The number of hydrogen-bond acceptors (Lipinski definition) is 5. The van der Waals surface area contributed by atoms with Crippen molar-refractivity contribution in [3.8, 4) is 0 Å². The molecule has 0 radical (unpaired) electrons. The van der Waals surface area contributed by atoms with Crippen molar-refractivity contribution in [3.05, 3.63) is 0 Å². The van der Waals surface area contributed by atoms with E-state index in [2.05, 4.69) is 5.32 Å². The summed E-state index contributed by atoms with van der Waals surface area (Å²) in [4.78, 5) is 12.5. The quantitative estimate of drug-likeness (QED) is 0.587. The predicted octanol–water partition coefficient (Wildman–Crippen LogP) is 1.50. The van der Waals surface area contributed by atoms with E-state index in [4.69, 9.17) is 14.2 Å². The highest BCUT2D eigenvalue weighted by Crippen LogP contribution is 2.45. The number of carbonyl (C=O) groups excluding carboxylic acids is 1. The van der Waals surface area contributed by atoms with Gasteiger partial charge in [0.1, 0.15) is 5.54 Å². The molecule has 112 valence electrons.